The Balaban J connectivity index is 3.30. The van der Waals surface area contributed by atoms with Crippen LogP contribution >= 0.6 is 0 Å². The Bertz CT molecular complexity index is 391. The van der Waals surface area contributed by atoms with E-state index in [0.717, 1.165) is 16.9 Å². The van der Waals surface area contributed by atoms with E-state index in [1.807, 2.05) is 19.9 Å². The maximum atomic E-state index is 8.99. The summed E-state index contributed by atoms with van der Waals surface area (Å²) >= 11 is 0. The second kappa shape index (κ2) is 5.77. The van der Waals surface area contributed by atoms with E-state index in [4.69, 9.17) is 20.3 Å². The summed E-state index contributed by atoms with van der Waals surface area (Å²) in [7, 11) is 3.22. The monoisotopic (exact) mass is 239 g/mol. The third kappa shape index (κ3) is 2.64. The zero-order valence-electron chi connectivity index (χ0n) is 10.9. The molecule has 0 unspecified atom stereocenters. The first-order valence-corrected chi connectivity index (χ1v) is 5.68. The summed E-state index contributed by atoms with van der Waals surface area (Å²) in [6.45, 7) is 4.07. The molecule has 1 atom stereocenters. The average Bonchev–Trinajstić information content (AvgIpc) is 2.30. The maximum Gasteiger partial charge on any atom is 0.148 e. The molecule has 0 aliphatic rings. The zero-order valence-corrected chi connectivity index (χ0v) is 10.9. The highest BCUT2D eigenvalue weighted by molar-refractivity contribution is 5.67. The van der Waals surface area contributed by atoms with Crippen molar-refractivity contribution in [3.63, 3.8) is 0 Å². The maximum absolute atomic E-state index is 8.99. The molecule has 1 rings (SSSR count). The number of aliphatic hydroxyl groups is 1. The van der Waals surface area contributed by atoms with Crippen LogP contribution in [0.4, 0.5) is 5.69 Å². The van der Waals surface area contributed by atoms with Gasteiger partial charge in [0.15, 0.2) is 0 Å². The van der Waals surface area contributed by atoms with Gasteiger partial charge in [-0.1, -0.05) is 6.92 Å². The fraction of sp³-hybridized carbons (Fsp3) is 0.538. The number of nitrogen functional groups attached to an aromatic ring is 1. The largest absolute Gasteiger partial charge is 0.496 e. The summed E-state index contributed by atoms with van der Waals surface area (Å²) in [5.74, 6) is 1.59. The van der Waals surface area contributed by atoms with Gasteiger partial charge in [0, 0.05) is 12.2 Å². The van der Waals surface area contributed by atoms with Gasteiger partial charge in [-0.05, 0) is 30.9 Å². The number of nitrogens with two attached hydrogens (primary N) is 1. The topological polar surface area (TPSA) is 64.7 Å². The van der Waals surface area contributed by atoms with Crippen molar-refractivity contribution in [1.29, 1.82) is 0 Å². The Kier molecular flexibility index (Phi) is 4.63. The SMILES string of the molecule is COc1cc([C@@H](C)CCO)c(N)c(OC)c1C. The number of hydrogen-bond donors (Lipinski definition) is 2. The number of ether oxygens (including phenoxy) is 2. The third-order valence-corrected chi connectivity index (χ3v) is 3.07. The second-order valence-electron chi connectivity index (χ2n) is 4.15. The lowest BCUT2D eigenvalue weighted by Gasteiger charge is -2.19. The predicted molar refractivity (Wildman–Crippen MR) is 68.8 cm³/mol. The molecule has 96 valence electrons. The molecule has 0 aliphatic heterocycles. The van der Waals surface area contributed by atoms with Gasteiger partial charge in [0.05, 0.1) is 19.9 Å². The number of benzene rings is 1. The molecule has 0 radical (unpaired) electrons. The molecule has 3 N–H and O–H groups in total. The van der Waals surface area contributed by atoms with Crippen LogP contribution in [0.2, 0.25) is 0 Å². The van der Waals surface area contributed by atoms with Crippen molar-refractivity contribution in [3.05, 3.63) is 17.2 Å². The summed E-state index contributed by atoms with van der Waals surface area (Å²) in [4.78, 5) is 0. The van der Waals surface area contributed by atoms with Crippen LogP contribution in [0, 0.1) is 6.92 Å². The fourth-order valence-electron chi connectivity index (χ4n) is 2.00. The van der Waals surface area contributed by atoms with Crippen molar-refractivity contribution in [2.24, 2.45) is 0 Å². The predicted octanol–water partition coefficient (Wildman–Crippen LogP) is 2.08. The van der Waals surface area contributed by atoms with Crippen LogP contribution in [0.5, 0.6) is 11.5 Å². The summed E-state index contributed by atoms with van der Waals surface area (Å²) in [5.41, 5.74) is 8.57. The smallest absolute Gasteiger partial charge is 0.148 e. The lowest BCUT2D eigenvalue weighted by atomic mass is 9.94. The average molecular weight is 239 g/mol. The molecular formula is C13H21NO3. The van der Waals surface area contributed by atoms with Gasteiger partial charge in [-0.3, -0.25) is 0 Å². The van der Waals surface area contributed by atoms with Gasteiger partial charge in [-0.15, -0.1) is 0 Å². The van der Waals surface area contributed by atoms with E-state index in [2.05, 4.69) is 0 Å². The van der Waals surface area contributed by atoms with Crippen molar-refractivity contribution in [2.45, 2.75) is 26.2 Å². The molecule has 0 spiro atoms. The quantitative estimate of drug-likeness (QED) is 0.772. The summed E-state index contributed by atoms with van der Waals surface area (Å²) in [6, 6.07) is 1.92. The van der Waals surface area contributed by atoms with E-state index < -0.39 is 0 Å². The highest BCUT2D eigenvalue weighted by atomic mass is 16.5. The molecule has 0 amide bonds. The Morgan fingerprint density at radius 2 is 2.00 bits per heavy atom. The second-order valence-corrected chi connectivity index (χ2v) is 4.15. The van der Waals surface area contributed by atoms with E-state index in [-0.39, 0.29) is 12.5 Å². The summed E-state index contributed by atoms with van der Waals surface area (Å²) in [6.07, 6.45) is 0.666. The van der Waals surface area contributed by atoms with Gasteiger partial charge >= 0.3 is 0 Å². The lowest BCUT2D eigenvalue weighted by molar-refractivity contribution is 0.278. The summed E-state index contributed by atoms with van der Waals surface area (Å²) < 4.78 is 10.6. The lowest BCUT2D eigenvalue weighted by Crippen LogP contribution is -2.06. The normalized spacial score (nSPS) is 12.3. The van der Waals surface area contributed by atoms with E-state index in [9.17, 15) is 0 Å². The molecule has 0 fully saturated rings. The van der Waals surface area contributed by atoms with Crippen molar-refractivity contribution in [3.8, 4) is 11.5 Å². The highest BCUT2D eigenvalue weighted by Gasteiger charge is 2.18. The van der Waals surface area contributed by atoms with Gasteiger partial charge in [0.1, 0.15) is 11.5 Å². The molecule has 1 aromatic rings. The van der Waals surface area contributed by atoms with Crippen molar-refractivity contribution >= 4 is 5.69 Å². The molecule has 17 heavy (non-hydrogen) atoms. The molecule has 4 heteroatoms. The van der Waals surface area contributed by atoms with Gasteiger partial charge in [0.25, 0.3) is 0 Å². The summed E-state index contributed by atoms with van der Waals surface area (Å²) in [5, 5.41) is 8.99. The van der Waals surface area contributed by atoms with Crippen LogP contribution in [0.25, 0.3) is 0 Å². The standard InChI is InChI=1S/C13H21NO3/c1-8(5-6-15)10-7-11(16-3)9(2)13(17-4)12(10)14/h7-8,15H,5-6,14H2,1-4H3/t8-/m0/s1. The Labute approximate surface area is 102 Å². The number of aliphatic hydroxyl groups excluding tert-OH is 1. The van der Waals surface area contributed by atoms with Crippen LogP contribution in [0.15, 0.2) is 6.07 Å². The number of anilines is 1. The molecule has 0 heterocycles. The minimum absolute atomic E-state index is 0.138. The molecule has 0 aliphatic carbocycles. The fourth-order valence-corrected chi connectivity index (χ4v) is 2.00. The molecule has 0 saturated carbocycles. The van der Waals surface area contributed by atoms with Crippen molar-refractivity contribution in [2.75, 3.05) is 26.6 Å². The first-order valence-electron chi connectivity index (χ1n) is 5.68. The molecular weight excluding hydrogens is 218 g/mol. The van der Waals surface area contributed by atoms with E-state index in [1.165, 1.54) is 0 Å². The van der Waals surface area contributed by atoms with Crippen molar-refractivity contribution < 1.29 is 14.6 Å². The van der Waals surface area contributed by atoms with Gasteiger partial charge in [-0.25, -0.2) is 0 Å². The third-order valence-electron chi connectivity index (χ3n) is 3.07. The van der Waals surface area contributed by atoms with Crippen LogP contribution in [-0.2, 0) is 0 Å². The van der Waals surface area contributed by atoms with Crippen LogP contribution in [-0.4, -0.2) is 25.9 Å². The van der Waals surface area contributed by atoms with Crippen molar-refractivity contribution in [1.82, 2.24) is 0 Å². The van der Waals surface area contributed by atoms with Gasteiger partial charge < -0.3 is 20.3 Å². The number of methoxy groups -OCH3 is 2. The molecule has 1 aromatic carbocycles. The number of rotatable bonds is 5. The molecule has 0 aromatic heterocycles. The van der Waals surface area contributed by atoms with Crippen LogP contribution in [0.3, 0.4) is 0 Å². The molecule has 0 saturated heterocycles. The minimum atomic E-state index is 0.138. The van der Waals surface area contributed by atoms with Gasteiger partial charge in [0.2, 0.25) is 0 Å². The molecule has 0 bridgehead atoms. The zero-order chi connectivity index (χ0) is 13.0. The highest BCUT2D eigenvalue weighted by Crippen LogP contribution is 2.40. The van der Waals surface area contributed by atoms with E-state index in [0.29, 0.717) is 17.9 Å². The van der Waals surface area contributed by atoms with E-state index in [1.54, 1.807) is 14.2 Å². The number of hydrogen-bond acceptors (Lipinski definition) is 4. The first-order chi connectivity index (χ1) is 8.06. The van der Waals surface area contributed by atoms with Crippen LogP contribution in [0.1, 0.15) is 30.4 Å². The van der Waals surface area contributed by atoms with Crippen LogP contribution < -0.4 is 15.2 Å². The Morgan fingerprint density at radius 1 is 1.35 bits per heavy atom. The molecule has 4 nitrogen and oxygen atoms in total. The first kappa shape index (κ1) is 13.6. The Hall–Kier alpha value is -1.42. The van der Waals surface area contributed by atoms with Gasteiger partial charge in [-0.2, -0.15) is 0 Å². The Morgan fingerprint density at radius 3 is 2.47 bits per heavy atom. The minimum Gasteiger partial charge on any atom is -0.496 e. The van der Waals surface area contributed by atoms with E-state index >= 15 is 0 Å².